The maximum Gasteiger partial charge on any atom is 0.397 e. The Hall–Kier alpha value is -2.46. The van der Waals surface area contributed by atoms with Gasteiger partial charge in [0.05, 0.1) is 19.8 Å². The van der Waals surface area contributed by atoms with Gasteiger partial charge in [0.25, 0.3) is 0 Å². The van der Waals surface area contributed by atoms with Gasteiger partial charge in [-0.3, -0.25) is 9.35 Å². The van der Waals surface area contributed by atoms with Gasteiger partial charge in [0.15, 0.2) is 6.29 Å². The van der Waals surface area contributed by atoms with Crippen LogP contribution < -0.4 is 0 Å². The summed E-state index contributed by atoms with van der Waals surface area (Å²) in [4.78, 5) is 12.8. The second-order valence-electron chi connectivity index (χ2n) is 14.9. The Labute approximate surface area is 356 Å². The zero-order valence-corrected chi connectivity index (χ0v) is 36.8. The lowest BCUT2D eigenvalue weighted by molar-refractivity contribution is -0.301. The van der Waals surface area contributed by atoms with Crippen LogP contribution >= 0.6 is 0 Å². The molecule has 340 valence electrons. The van der Waals surface area contributed by atoms with E-state index in [4.69, 9.17) is 23.5 Å². The highest BCUT2D eigenvalue weighted by Crippen LogP contribution is 2.26. The third-order valence-corrected chi connectivity index (χ3v) is 10.0. The summed E-state index contributed by atoms with van der Waals surface area (Å²) in [7, 11) is -5.07. The van der Waals surface area contributed by atoms with Crippen LogP contribution in [0.25, 0.3) is 0 Å². The molecule has 6 unspecified atom stereocenters. The number of carbonyl (C=O) groups excluding carboxylic acids is 1. The number of rotatable bonds is 37. The number of aliphatic hydroxyl groups is 3. The van der Waals surface area contributed by atoms with E-state index in [-0.39, 0.29) is 19.6 Å². The van der Waals surface area contributed by atoms with Crippen molar-refractivity contribution in [1.82, 2.24) is 0 Å². The van der Waals surface area contributed by atoms with Gasteiger partial charge in [0.1, 0.15) is 30.5 Å². The molecule has 0 aliphatic carbocycles. The van der Waals surface area contributed by atoms with E-state index in [0.717, 1.165) is 83.5 Å². The number of esters is 1. The normalized spacial score (nSPS) is 21.1. The standard InChI is InChI=1S/C46H78O12S/c1-3-5-7-9-11-13-15-17-18-19-20-21-22-23-25-27-29-31-33-35-42(48)56-40(38-54-36-34-32-30-28-26-24-16-14-12-10-8-6-4-2)39-55-46-44(50)45(58-59(51,52)53)43(49)41(37-47)57-46/h5,7,11-14,17-18,20-21,23,25,40-41,43-47,49-50H,3-4,6,8-10,15-16,19,22,24,26-39H2,1-2H3,(H,51,52,53)/b7-5-,13-11-,14-12-,18-17-,21-20-,25-23-. The summed E-state index contributed by atoms with van der Waals surface area (Å²) < 4.78 is 59.0. The van der Waals surface area contributed by atoms with Crippen molar-refractivity contribution in [3.63, 3.8) is 0 Å². The van der Waals surface area contributed by atoms with Crippen molar-refractivity contribution in [2.24, 2.45) is 0 Å². The average molecular weight is 855 g/mol. The van der Waals surface area contributed by atoms with E-state index in [1.54, 1.807) is 0 Å². The van der Waals surface area contributed by atoms with Gasteiger partial charge in [-0.05, 0) is 83.5 Å². The van der Waals surface area contributed by atoms with E-state index in [2.05, 4.69) is 90.9 Å². The number of hydrogen-bond donors (Lipinski definition) is 4. The van der Waals surface area contributed by atoms with Crippen LogP contribution in [0.3, 0.4) is 0 Å². The summed E-state index contributed by atoms with van der Waals surface area (Å²) >= 11 is 0. The summed E-state index contributed by atoms with van der Waals surface area (Å²) in [6.07, 6.45) is 37.9. The number of carbonyl (C=O) groups is 1. The molecule has 0 radical (unpaired) electrons. The average Bonchev–Trinajstić information content (AvgIpc) is 3.20. The van der Waals surface area contributed by atoms with Gasteiger partial charge >= 0.3 is 16.4 Å². The molecule has 0 aromatic heterocycles. The highest BCUT2D eigenvalue weighted by Gasteiger charge is 2.48. The van der Waals surface area contributed by atoms with Crippen LogP contribution in [0.15, 0.2) is 72.9 Å². The Bertz CT molecular complexity index is 1310. The van der Waals surface area contributed by atoms with Gasteiger partial charge in [-0.2, -0.15) is 8.42 Å². The molecule has 1 aliphatic heterocycles. The molecule has 0 bridgehead atoms. The Morgan fingerprint density at radius 2 is 1.17 bits per heavy atom. The first-order valence-electron chi connectivity index (χ1n) is 22.2. The molecule has 12 nitrogen and oxygen atoms in total. The fraction of sp³-hybridized carbons (Fsp3) is 0.717. The van der Waals surface area contributed by atoms with Gasteiger partial charge in [0.2, 0.25) is 0 Å². The molecule has 0 amide bonds. The quantitative estimate of drug-likeness (QED) is 0.0202. The van der Waals surface area contributed by atoms with Crippen LogP contribution in [-0.2, 0) is 38.3 Å². The molecule has 59 heavy (non-hydrogen) atoms. The number of hydrogen-bond acceptors (Lipinski definition) is 11. The minimum absolute atomic E-state index is 0.0141. The molecule has 0 spiro atoms. The SMILES string of the molecule is CC/C=C\C/C=C\C/C=C\C/C=C\C/C=C\CCCCCC(=O)OC(COCCCCCCCC/C=C\CCCCC)COC1OC(CO)C(O)C(OS(=O)(=O)O)C1O. The predicted octanol–water partition coefficient (Wildman–Crippen LogP) is 9.13. The summed E-state index contributed by atoms with van der Waals surface area (Å²) in [6, 6.07) is 0. The molecule has 0 aromatic carbocycles. The molecule has 1 fully saturated rings. The van der Waals surface area contributed by atoms with Crippen molar-refractivity contribution >= 4 is 16.4 Å². The zero-order valence-electron chi connectivity index (χ0n) is 36.0. The Kier molecular flexibility index (Phi) is 34.5. The van der Waals surface area contributed by atoms with E-state index >= 15 is 0 Å². The first-order chi connectivity index (χ1) is 28.6. The first kappa shape index (κ1) is 54.6. The Balaban J connectivity index is 2.48. The molecule has 1 saturated heterocycles. The molecule has 13 heteroatoms. The smallest absolute Gasteiger partial charge is 0.397 e. The molecular formula is C46H78O12S. The molecule has 1 aliphatic rings. The maximum atomic E-state index is 12.8. The Morgan fingerprint density at radius 1 is 0.661 bits per heavy atom. The van der Waals surface area contributed by atoms with Gasteiger partial charge in [0, 0.05) is 13.0 Å². The van der Waals surface area contributed by atoms with Crippen molar-refractivity contribution in [2.45, 2.75) is 185 Å². The molecule has 1 rings (SSSR count). The zero-order chi connectivity index (χ0) is 43.2. The minimum Gasteiger partial charge on any atom is -0.457 e. The third kappa shape index (κ3) is 31.1. The lowest BCUT2D eigenvalue weighted by atomic mass is 9.99. The Morgan fingerprint density at radius 3 is 1.73 bits per heavy atom. The summed E-state index contributed by atoms with van der Waals surface area (Å²) in [5.41, 5.74) is 0. The van der Waals surface area contributed by atoms with Gasteiger partial charge in [-0.15, -0.1) is 0 Å². The van der Waals surface area contributed by atoms with E-state index in [1.807, 2.05) is 0 Å². The highest BCUT2D eigenvalue weighted by molar-refractivity contribution is 7.80. The maximum absolute atomic E-state index is 12.8. The van der Waals surface area contributed by atoms with E-state index < -0.39 is 59.8 Å². The summed E-state index contributed by atoms with van der Waals surface area (Å²) in [6.45, 7) is 3.77. The lowest BCUT2D eigenvalue weighted by Crippen LogP contribution is -2.60. The predicted molar refractivity (Wildman–Crippen MR) is 234 cm³/mol. The lowest BCUT2D eigenvalue weighted by Gasteiger charge is -2.41. The van der Waals surface area contributed by atoms with Crippen LogP contribution in [0.5, 0.6) is 0 Å². The van der Waals surface area contributed by atoms with Crippen LogP contribution in [-0.4, -0.2) is 97.5 Å². The summed E-state index contributed by atoms with van der Waals surface area (Å²) in [5, 5.41) is 30.6. The number of aliphatic hydroxyl groups excluding tert-OH is 3. The second-order valence-corrected chi connectivity index (χ2v) is 15.9. The van der Waals surface area contributed by atoms with Crippen LogP contribution in [0.1, 0.15) is 149 Å². The number of unbranched alkanes of at least 4 members (excludes halogenated alkanes) is 12. The van der Waals surface area contributed by atoms with Gasteiger partial charge in [-0.1, -0.05) is 132 Å². The van der Waals surface area contributed by atoms with Gasteiger partial charge < -0.3 is 34.3 Å². The minimum atomic E-state index is -5.07. The molecule has 0 saturated carbocycles. The fourth-order valence-corrected chi connectivity index (χ4v) is 6.73. The molecule has 1 heterocycles. The fourth-order valence-electron chi connectivity index (χ4n) is 6.22. The largest absolute Gasteiger partial charge is 0.457 e. The van der Waals surface area contributed by atoms with Crippen molar-refractivity contribution < 1.29 is 56.2 Å². The molecule has 0 aromatic rings. The van der Waals surface area contributed by atoms with Gasteiger partial charge in [-0.25, -0.2) is 4.18 Å². The van der Waals surface area contributed by atoms with Crippen molar-refractivity contribution in [2.75, 3.05) is 26.4 Å². The number of allylic oxidation sites excluding steroid dienone is 12. The first-order valence-corrected chi connectivity index (χ1v) is 23.6. The second kappa shape index (κ2) is 37.3. The van der Waals surface area contributed by atoms with Crippen molar-refractivity contribution in [3.05, 3.63) is 72.9 Å². The van der Waals surface area contributed by atoms with Crippen LogP contribution in [0.4, 0.5) is 0 Å². The third-order valence-electron chi connectivity index (χ3n) is 9.56. The van der Waals surface area contributed by atoms with Crippen molar-refractivity contribution in [3.8, 4) is 0 Å². The highest BCUT2D eigenvalue weighted by atomic mass is 32.3. The molecule has 4 N–H and O–H groups in total. The monoisotopic (exact) mass is 855 g/mol. The van der Waals surface area contributed by atoms with Crippen LogP contribution in [0, 0.1) is 0 Å². The number of ether oxygens (including phenoxy) is 4. The van der Waals surface area contributed by atoms with E-state index in [0.29, 0.717) is 13.0 Å². The van der Waals surface area contributed by atoms with Crippen LogP contribution in [0.2, 0.25) is 0 Å². The molecule has 6 atom stereocenters. The topological polar surface area (TPSA) is 178 Å². The summed E-state index contributed by atoms with van der Waals surface area (Å²) in [5.74, 6) is -0.436. The van der Waals surface area contributed by atoms with Crippen molar-refractivity contribution in [1.29, 1.82) is 0 Å². The van der Waals surface area contributed by atoms with E-state index in [9.17, 15) is 28.5 Å². The van der Waals surface area contributed by atoms with E-state index in [1.165, 1.54) is 38.5 Å². The molecular weight excluding hydrogens is 777 g/mol.